The molecule has 0 aliphatic rings. The zero-order valence-electron chi connectivity index (χ0n) is 17.6. The van der Waals surface area contributed by atoms with Gasteiger partial charge < -0.3 is 14.1 Å². The number of nitrogens with zero attached hydrogens (tertiary/aromatic N) is 2. The van der Waals surface area contributed by atoms with Gasteiger partial charge in [-0.05, 0) is 68.4 Å². The number of amides is 1. The van der Waals surface area contributed by atoms with Crippen LogP contribution in [0.4, 0.5) is 0 Å². The highest BCUT2D eigenvalue weighted by Gasteiger charge is 2.09. The monoisotopic (exact) mass is 427 g/mol. The molecule has 7 heteroatoms. The molecule has 2 aromatic heterocycles. The number of nitrogens with one attached hydrogen (secondary N) is 1. The Morgan fingerprint density at radius 3 is 2.34 bits per heavy atom. The zero-order chi connectivity index (χ0) is 22.7. The quantitative estimate of drug-likeness (QED) is 0.341. The smallest absolute Gasteiger partial charge is 0.335 e. The predicted octanol–water partition coefficient (Wildman–Crippen LogP) is 4.82. The highest BCUT2D eigenvalue weighted by atomic mass is 16.4. The molecular formula is C25H21N3O4. The number of carboxylic acid groups (broad SMARTS) is 1. The average molecular weight is 427 g/mol. The third kappa shape index (κ3) is 4.37. The van der Waals surface area contributed by atoms with Crippen molar-refractivity contribution < 1.29 is 19.1 Å². The van der Waals surface area contributed by atoms with Crippen LogP contribution >= 0.6 is 0 Å². The van der Waals surface area contributed by atoms with Gasteiger partial charge in [0, 0.05) is 28.2 Å². The number of furan rings is 1. The van der Waals surface area contributed by atoms with Gasteiger partial charge in [-0.2, -0.15) is 5.10 Å². The number of carbonyl (C=O) groups is 2. The molecule has 0 radical (unpaired) electrons. The van der Waals surface area contributed by atoms with E-state index in [9.17, 15) is 9.59 Å². The maximum absolute atomic E-state index is 12.5. The molecule has 160 valence electrons. The van der Waals surface area contributed by atoms with E-state index in [-0.39, 0.29) is 11.5 Å². The molecule has 4 rings (SSSR count). The topological polar surface area (TPSA) is 96.8 Å². The number of aromatic carboxylic acids is 1. The molecule has 0 fully saturated rings. The Morgan fingerprint density at radius 1 is 0.938 bits per heavy atom. The van der Waals surface area contributed by atoms with Crippen LogP contribution < -0.4 is 5.43 Å². The molecule has 0 aliphatic heterocycles. The number of rotatable bonds is 6. The van der Waals surface area contributed by atoms with Crippen molar-refractivity contribution in [3.63, 3.8) is 0 Å². The van der Waals surface area contributed by atoms with Crippen molar-refractivity contribution in [2.24, 2.45) is 5.10 Å². The van der Waals surface area contributed by atoms with Crippen molar-refractivity contribution in [1.29, 1.82) is 0 Å². The summed E-state index contributed by atoms with van der Waals surface area (Å²) in [6, 6.07) is 21.2. The van der Waals surface area contributed by atoms with Gasteiger partial charge >= 0.3 is 5.97 Å². The van der Waals surface area contributed by atoms with Crippen LogP contribution in [-0.2, 0) is 0 Å². The molecule has 0 aliphatic carbocycles. The molecule has 2 N–H and O–H groups in total. The van der Waals surface area contributed by atoms with E-state index in [4.69, 9.17) is 9.52 Å². The molecule has 2 heterocycles. The predicted molar refractivity (Wildman–Crippen MR) is 121 cm³/mol. The Hall–Kier alpha value is -4.39. The zero-order valence-corrected chi connectivity index (χ0v) is 17.6. The van der Waals surface area contributed by atoms with E-state index in [0.29, 0.717) is 17.1 Å². The molecule has 4 aromatic rings. The Balaban J connectivity index is 1.43. The van der Waals surface area contributed by atoms with E-state index in [1.54, 1.807) is 30.3 Å². The van der Waals surface area contributed by atoms with Crippen molar-refractivity contribution in [2.75, 3.05) is 0 Å². The highest BCUT2D eigenvalue weighted by Crippen LogP contribution is 2.22. The second kappa shape index (κ2) is 8.77. The van der Waals surface area contributed by atoms with Crippen LogP contribution in [0, 0.1) is 13.8 Å². The number of aryl methyl sites for hydroxylation is 2. The van der Waals surface area contributed by atoms with Crippen molar-refractivity contribution in [3.05, 3.63) is 101 Å². The van der Waals surface area contributed by atoms with Gasteiger partial charge in [0.15, 0.2) is 0 Å². The van der Waals surface area contributed by atoms with Gasteiger partial charge in [-0.25, -0.2) is 10.2 Å². The third-order valence-corrected chi connectivity index (χ3v) is 5.04. The molecule has 2 aromatic carbocycles. The summed E-state index contributed by atoms with van der Waals surface area (Å²) in [5.41, 5.74) is 7.04. The van der Waals surface area contributed by atoms with E-state index in [1.165, 1.54) is 18.3 Å². The maximum Gasteiger partial charge on any atom is 0.335 e. The number of carboxylic acids is 1. The lowest BCUT2D eigenvalue weighted by Crippen LogP contribution is -2.17. The second-order valence-corrected chi connectivity index (χ2v) is 7.29. The molecule has 0 bridgehead atoms. The first kappa shape index (κ1) is 20.9. The Labute approximate surface area is 184 Å². The van der Waals surface area contributed by atoms with E-state index < -0.39 is 5.97 Å². The fourth-order valence-corrected chi connectivity index (χ4v) is 3.44. The standard InChI is InChI=1S/C25H21N3O4/c1-16-6-7-17(2)28(16)21-5-3-4-20(14-21)24(29)27-26-15-22-12-13-23(32-22)18-8-10-19(11-9-18)25(30)31/h3-15H,1-2H3,(H,27,29)(H,30,31)/b26-15-. The number of hydrogen-bond acceptors (Lipinski definition) is 4. The summed E-state index contributed by atoms with van der Waals surface area (Å²) < 4.78 is 7.78. The molecule has 7 nitrogen and oxygen atoms in total. The van der Waals surface area contributed by atoms with Crippen LogP contribution in [-0.4, -0.2) is 27.8 Å². The molecule has 0 atom stereocenters. The molecule has 0 unspecified atom stereocenters. The molecule has 32 heavy (non-hydrogen) atoms. The fraction of sp³-hybridized carbons (Fsp3) is 0.0800. The molecule has 1 amide bonds. The van der Waals surface area contributed by atoms with Crippen molar-refractivity contribution in [2.45, 2.75) is 13.8 Å². The summed E-state index contributed by atoms with van der Waals surface area (Å²) >= 11 is 0. The Morgan fingerprint density at radius 2 is 1.66 bits per heavy atom. The van der Waals surface area contributed by atoms with Crippen molar-refractivity contribution in [1.82, 2.24) is 9.99 Å². The van der Waals surface area contributed by atoms with Crippen LogP contribution in [0.3, 0.4) is 0 Å². The lowest BCUT2D eigenvalue weighted by Gasteiger charge is -2.10. The minimum absolute atomic E-state index is 0.205. The van der Waals surface area contributed by atoms with Crippen molar-refractivity contribution in [3.8, 4) is 17.0 Å². The summed E-state index contributed by atoms with van der Waals surface area (Å²) in [6.07, 6.45) is 1.41. The van der Waals surface area contributed by atoms with E-state index in [2.05, 4.69) is 15.1 Å². The van der Waals surface area contributed by atoms with Crippen molar-refractivity contribution >= 4 is 18.1 Å². The Kier molecular flexibility index (Phi) is 5.72. The minimum atomic E-state index is -0.983. The van der Waals surface area contributed by atoms with Gasteiger partial charge in [0.25, 0.3) is 5.91 Å². The Bertz CT molecular complexity index is 1290. The largest absolute Gasteiger partial charge is 0.478 e. The first-order valence-corrected chi connectivity index (χ1v) is 9.95. The first-order valence-electron chi connectivity index (χ1n) is 9.95. The van der Waals surface area contributed by atoms with Gasteiger partial charge in [0.2, 0.25) is 0 Å². The minimum Gasteiger partial charge on any atom is -0.478 e. The number of aromatic nitrogens is 1. The average Bonchev–Trinajstić information content (AvgIpc) is 3.40. The lowest BCUT2D eigenvalue weighted by molar-refractivity contribution is 0.0696. The van der Waals surface area contributed by atoms with Gasteiger partial charge in [0.1, 0.15) is 11.5 Å². The van der Waals surface area contributed by atoms with Crippen LogP contribution in [0.5, 0.6) is 0 Å². The van der Waals surface area contributed by atoms with Crippen LogP contribution in [0.1, 0.15) is 37.9 Å². The van der Waals surface area contributed by atoms with Crippen LogP contribution in [0.25, 0.3) is 17.0 Å². The van der Waals surface area contributed by atoms with Gasteiger partial charge in [-0.3, -0.25) is 4.79 Å². The molecule has 0 spiro atoms. The summed E-state index contributed by atoms with van der Waals surface area (Å²) in [4.78, 5) is 23.5. The van der Waals surface area contributed by atoms with Crippen LogP contribution in [0.15, 0.2) is 82.3 Å². The SMILES string of the molecule is Cc1ccc(C)n1-c1cccc(C(=O)N/N=C\c2ccc(-c3ccc(C(=O)O)cc3)o2)c1. The number of hydrogen-bond donors (Lipinski definition) is 2. The third-order valence-electron chi connectivity index (χ3n) is 5.04. The van der Waals surface area contributed by atoms with Crippen LogP contribution in [0.2, 0.25) is 0 Å². The maximum atomic E-state index is 12.5. The number of carbonyl (C=O) groups excluding carboxylic acids is 1. The number of benzene rings is 2. The second-order valence-electron chi connectivity index (χ2n) is 7.29. The first-order chi connectivity index (χ1) is 15.4. The lowest BCUT2D eigenvalue weighted by atomic mass is 10.1. The van der Waals surface area contributed by atoms with E-state index in [1.807, 2.05) is 44.2 Å². The summed E-state index contributed by atoms with van der Waals surface area (Å²) in [5, 5.41) is 13.0. The summed E-state index contributed by atoms with van der Waals surface area (Å²) in [7, 11) is 0. The molecular weight excluding hydrogens is 406 g/mol. The highest BCUT2D eigenvalue weighted by molar-refractivity contribution is 5.95. The van der Waals surface area contributed by atoms with E-state index >= 15 is 0 Å². The van der Waals surface area contributed by atoms with Gasteiger partial charge in [0.05, 0.1) is 11.8 Å². The fourth-order valence-electron chi connectivity index (χ4n) is 3.44. The number of hydrazone groups is 1. The van der Waals surface area contributed by atoms with Gasteiger partial charge in [-0.1, -0.05) is 18.2 Å². The molecule has 0 saturated carbocycles. The molecule has 0 saturated heterocycles. The van der Waals surface area contributed by atoms with Gasteiger partial charge in [-0.15, -0.1) is 0 Å². The summed E-state index contributed by atoms with van der Waals surface area (Å²) in [6.45, 7) is 4.03. The summed E-state index contributed by atoms with van der Waals surface area (Å²) in [5.74, 6) is -0.292. The normalized spacial score (nSPS) is 11.1. The van der Waals surface area contributed by atoms with E-state index in [0.717, 1.165) is 22.6 Å².